The van der Waals surface area contributed by atoms with Crippen molar-refractivity contribution in [2.75, 3.05) is 0 Å². The second-order valence-electron chi connectivity index (χ2n) is 6.57. The van der Waals surface area contributed by atoms with Gasteiger partial charge in [-0.25, -0.2) is 0 Å². The number of hydrogen-bond acceptors (Lipinski definition) is 2. The van der Waals surface area contributed by atoms with E-state index in [0.29, 0.717) is 5.92 Å². The Kier molecular flexibility index (Phi) is 4.14. The number of pyridine rings is 1. The second-order valence-corrected chi connectivity index (χ2v) is 6.57. The van der Waals surface area contributed by atoms with Crippen molar-refractivity contribution in [1.82, 2.24) is 4.57 Å². The average molecular weight is 263 g/mol. The smallest absolute Gasteiger partial charge is 0.253 e. The van der Waals surface area contributed by atoms with E-state index in [1.165, 1.54) is 0 Å². The van der Waals surface area contributed by atoms with Crippen LogP contribution in [0.1, 0.15) is 58.1 Å². The third kappa shape index (κ3) is 3.47. The Hall–Kier alpha value is -1.09. The first kappa shape index (κ1) is 14.3. The van der Waals surface area contributed by atoms with Gasteiger partial charge in [0.1, 0.15) is 0 Å². The Morgan fingerprint density at radius 3 is 2.63 bits per heavy atom. The summed E-state index contributed by atoms with van der Waals surface area (Å²) in [5.41, 5.74) is 0.521. The predicted molar refractivity (Wildman–Crippen MR) is 77.4 cm³/mol. The second kappa shape index (κ2) is 5.49. The first-order valence-corrected chi connectivity index (χ1v) is 7.31. The van der Waals surface area contributed by atoms with E-state index in [4.69, 9.17) is 0 Å². The highest BCUT2D eigenvalue weighted by Gasteiger charge is 2.29. The van der Waals surface area contributed by atoms with Crippen molar-refractivity contribution in [2.24, 2.45) is 5.92 Å². The summed E-state index contributed by atoms with van der Waals surface area (Å²) in [6, 6.07) is 4.17. The molecule has 106 valence electrons. The highest BCUT2D eigenvalue weighted by molar-refractivity contribution is 5.12. The Labute approximate surface area is 115 Å². The number of aliphatic hydroxyl groups is 1. The molecule has 1 aromatic heterocycles. The van der Waals surface area contributed by atoms with Crippen molar-refractivity contribution in [3.05, 3.63) is 34.2 Å². The van der Waals surface area contributed by atoms with Crippen molar-refractivity contribution < 1.29 is 5.11 Å². The van der Waals surface area contributed by atoms with E-state index in [1.54, 1.807) is 0 Å². The minimum Gasteiger partial charge on any atom is -0.390 e. The molecule has 0 bridgehead atoms. The van der Waals surface area contributed by atoms with Crippen LogP contribution in [0.3, 0.4) is 0 Å². The molecule has 1 saturated carbocycles. The fraction of sp³-hybridized carbons (Fsp3) is 0.688. The zero-order chi connectivity index (χ0) is 14.0. The van der Waals surface area contributed by atoms with Crippen LogP contribution in [0.25, 0.3) is 0 Å². The van der Waals surface area contributed by atoms with E-state index >= 15 is 0 Å². The fourth-order valence-corrected chi connectivity index (χ4v) is 2.94. The van der Waals surface area contributed by atoms with Crippen LogP contribution in [-0.4, -0.2) is 15.3 Å². The summed E-state index contributed by atoms with van der Waals surface area (Å²) < 4.78 is 1.88. The summed E-state index contributed by atoms with van der Waals surface area (Å²) >= 11 is 0. The van der Waals surface area contributed by atoms with Crippen LogP contribution in [0.5, 0.6) is 0 Å². The maximum Gasteiger partial charge on any atom is 0.253 e. The zero-order valence-electron chi connectivity index (χ0n) is 12.2. The topological polar surface area (TPSA) is 42.2 Å². The van der Waals surface area contributed by atoms with E-state index in [0.717, 1.165) is 37.7 Å². The largest absolute Gasteiger partial charge is 0.390 e. The van der Waals surface area contributed by atoms with E-state index in [2.05, 4.69) is 13.8 Å². The SMILES string of the molecule is CC(C)Cc1cccn(C2CCC(C)(O)CC2)c1=O. The Morgan fingerprint density at radius 1 is 1.42 bits per heavy atom. The summed E-state index contributed by atoms with van der Waals surface area (Å²) in [4.78, 5) is 12.5. The zero-order valence-corrected chi connectivity index (χ0v) is 12.2. The molecule has 0 saturated heterocycles. The molecule has 0 aliphatic heterocycles. The molecule has 3 nitrogen and oxygen atoms in total. The summed E-state index contributed by atoms with van der Waals surface area (Å²) in [5, 5.41) is 9.99. The van der Waals surface area contributed by atoms with Crippen LogP contribution in [0.2, 0.25) is 0 Å². The summed E-state index contributed by atoms with van der Waals surface area (Å²) in [5.74, 6) is 0.496. The van der Waals surface area contributed by atoms with E-state index in [9.17, 15) is 9.90 Å². The molecule has 0 amide bonds. The third-order valence-corrected chi connectivity index (χ3v) is 4.11. The van der Waals surface area contributed by atoms with Gasteiger partial charge < -0.3 is 9.67 Å². The maximum atomic E-state index is 12.5. The molecule has 1 aliphatic rings. The number of aromatic nitrogens is 1. The van der Waals surface area contributed by atoms with Gasteiger partial charge in [-0.2, -0.15) is 0 Å². The number of rotatable bonds is 3. The minimum atomic E-state index is -0.546. The van der Waals surface area contributed by atoms with Crippen LogP contribution in [0.4, 0.5) is 0 Å². The molecule has 0 aromatic carbocycles. The lowest BCUT2D eigenvalue weighted by Crippen LogP contribution is -2.35. The van der Waals surface area contributed by atoms with Gasteiger partial charge in [0.2, 0.25) is 0 Å². The standard InChI is InChI=1S/C16H25NO2/c1-12(2)11-13-5-4-10-17(15(13)18)14-6-8-16(3,19)9-7-14/h4-5,10,12,14,19H,6-9,11H2,1-3H3. The quantitative estimate of drug-likeness (QED) is 0.911. The third-order valence-electron chi connectivity index (χ3n) is 4.11. The molecule has 1 fully saturated rings. The molecule has 1 heterocycles. The molecule has 1 N–H and O–H groups in total. The molecule has 0 spiro atoms. The molecule has 0 unspecified atom stereocenters. The molecule has 3 heteroatoms. The highest BCUT2D eigenvalue weighted by Crippen LogP contribution is 2.33. The lowest BCUT2D eigenvalue weighted by molar-refractivity contribution is 0.00950. The van der Waals surface area contributed by atoms with E-state index in [1.807, 2.05) is 29.8 Å². The number of hydrogen-bond donors (Lipinski definition) is 1. The molecule has 0 atom stereocenters. The van der Waals surface area contributed by atoms with Gasteiger partial charge in [-0.05, 0) is 51.0 Å². The monoisotopic (exact) mass is 263 g/mol. The number of nitrogens with zero attached hydrogens (tertiary/aromatic N) is 1. The molecule has 2 rings (SSSR count). The summed E-state index contributed by atoms with van der Waals surface area (Å²) in [6.07, 6.45) is 6.06. The van der Waals surface area contributed by atoms with Gasteiger partial charge in [-0.1, -0.05) is 19.9 Å². The van der Waals surface area contributed by atoms with Gasteiger partial charge in [0.05, 0.1) is 5.60 Å². The van der Waals surface area contributed by atoms with Gasteiger partial charge in [0, 0.05) is 17.8 Å². The first-order chi connectivity index (χ1) is 8.89. The van der Waals surface area contributed by atoms with Gasteiger partial charge in [0.15, 0.2) is 0 Å². The Bertz CT molecular complexity index is 478. The fourth-order valence-electron chi connectivity index (χ4n) is 2.94. The van der Waals surface area contributed by atoms with Crippen LogP contribution in [-0.2, 0) is 6.42 Å². The molecule has 0 radical (unpaired) electrons. The predicted octanol–water partition coefficient (Wildman–Crippen LogP) is 2.91. The molecule has 19 heavy (non-hydrogen) atoms. The Balaban J connectivity index is 2.19. The van der Waals surface area contributed by atoms with Crippen molar-refractivity contribution in [1.29, 1.82) is 0 Å². The van der Waals surface area contributed by atoms with Gasteiger partial charge in [-0.15, -0.1) is 0 Å². The van der Waals surface area contributed by atoms with Crippen LogP contribution < -0.4 is 5.56 Å². The van der Waals surface area contributed by atoms with Crippen LogP contribution in [0, 0.1) is 5.92 Å². The van der Waals surface area contributed by atoms with Crippen molar-refractivity contribution >= 4 is 0 Å². The molecular formula is C16H25NO2. The molecule has 1 aromatic rings. The lowest BCUT2D eigenvalue weighted by atomic mass is 9.83. The van der Waals surface area contributed by atoms with Crippen LogP contribution >= 0.6 is 0 Å². The maximum absolute atomic E-state index is 12.5. The van der Waals surface area contributed by atoms with E-state index in [-0.39, 0.29) is 11.6 Å². The van der Waals surface area contributed by atoms with Crippen LogP contribution in [0.15, 0.2) is 23.1 Å². The van der Waals surface area contributed by atoms with Gasteiger partial charge in [0.25, 0.3) is 5.56 Å². The molecular weight excluding hydrogens is 238 g/mol. The van der Waals surface area contributed by atoms with Gasteiger partial charge in [-0.3, -0.25) is 4.79 Å². The normalized spacial score (nSPS) is 27.7. The Morgan fingerprint density at radius 2 is 2.05 bits per heavy atom. The van der Waals surface area contributed by atoms with Crippen molar-refractivity contribution in [3.63, 3.8) is 0 Å². The van der Waals surface area contributed by atoms with Crippen molar-refractivity contribution in [3.8, 4) is 0 Å². The van der Waals surface area contributed by atoms with Gasteiger partial charge >= 0.3 is 0 Å². The first-order valence-electron chi connectivity index (χ1n) is 7.31. The minimum absolute atomic E-state index is 0.155. The van der Waals surface area contributed by atoms with E-state index < -0.39 is 5.60 Å². The molecule has 1 aliphatic carbocycles. The lowest BCUT2D eigenvalue weighted by Gasteiger charge is -2.34. The highest BCUT2D eigenvalue weighted by atomic mass is 16.3. The van der Waals surface area contributed by atoms with Crippen molar-refractivity contribution in [2.45, 2.75) is 64.5 Å². The average Bonchev–Trinajstić information content (AvgIpc) is 2.32. The summed E-state index contributed by atoms with van der Waals surface area (Å²) in [6.45, 7) is 6.16. The summed E-state index contributed by atoms with van der Waals surface area (Å²) in [7, 11) is 0.